The molecule has 5 N–H and O–H groups in total. The summed E-state index contributed by atoms with van der Waals surface area (Å²) in [7, 11) is -4.49. The van der Waals surface area contributed by atoms with E-state index in [1.807, 2.05) is 17.1 Å². The first-order chi connectivity index (χ1) is 9.90. The molecule has 1 aliphatic carbocycles. The van der Waals surface area contributed by atoms with Crippen LogP contribution in [0.5, 0.6) is 0 Å². The lowest BCUT2D eigenvalue weighted by atomic mass is 10.1. The number of hydrogen-bond donors (Lipinski definition) is 4. The smallest absolute Gasteiger partial charge is 0.314 e. The van der Waals surface area contributed by atoms with Gasteiger partial charge in [0.2, 0.25) is 11.0 Å². The number of nitrogens with zero attached hydrogens (tertiary/aromatic N) is 3. The predicted molar refractivity (Wildman–Crippen MR) is 75.3 cm³/mol. The van der Waals surface area contributed by atoms with E-state index >= 15 is 0 Å². The summed E-state index contributed by atoms with van der Waals surface area (Å²) < 4.78 is 32.0. The van der Waals surface area contributed by atoms with Crippen LogP contribution in [0.1, 0.15) is 6.42 Å². The Kier molecular flexibility index (Phi) is 3.23. The standard InChI is InChI=1S/C11H15N5O4S/c12-11-14-9-8(10(15-11)21(18,19)20)13-5-16(9)7-2-1-6(3-7)4-17/h1-2,6-7,13,17H,3-5H2,(H2,12,14,15)(H,18,19,20). The van der Waals surface area contributed by atoms with Crippen LogP contribution in [0.25, 0.3) is 0 Å². The molecule has 0 aromatic carbocycles. The zero-order valence-electron chi connectivity index (χ0n) is 11.0. The molecule has 1 aliphatic heterocycles. The minimum absolute atomic E-state index is 0.0283. The minimum atomic E-state index is -4.49. The topological polar surface area (TPSA) is 142 Å². The number of hydrogen-bond acceptors (Lipinski definition) is 8. The van der Waals surface area contributed by atoms with E-state index in [-0.39, 0.29) is 30.2 Å². The second-order valence-corrected chi connectivity index (χ2v) is 6.33. The highest BCUT2D eigenvalue weighted by Gasteiger charge is 2.34. The van der Waals surface area contributed by atoms with E-state index in [0.29, 0.717) is 18.9 Å². The Labute approximate surface area is 121 Å². The minimum Gasteiger partial charge on any atom is -0.396 e. The Balaban J connectivity index is 2.00. The lowest BCUT2D eigenvalue weighted by molar-refractivity contribution is 0.248. The van der Waals surface area contributed by atoms with Gasteiger partial charge in [0.1, 0.15) is 5.69 Å². The molecule has 0 saturated heterocycles. The molecule has 2 atom stereocenters. The fraction of sp³-hybridized carbons (Fsp3) is 0.455. The molecule has 10 heteroatoms. The van der Waals surface area contributed by atoms with Crippen LogP contribution >= 0.6 is 0 Å². The Morgan fingerprint density at radius 1 is 1.43 bits per heavy atom. The molecule has 2 unspecified atom stereocenters. The lowest BCUT2D eigenvalue weighted by Gasteiger charge is -2.24. The Bertz CT molecular complexity index is 705. The molecule has 1 aromatic heterocycles. The van der Waals surface area contributed by atoms with E-state index in [2.05, 4.69) is 15.3 Å². The number of anilines is 3. The van der Waals surface area contributed by atoms with Gasteiger partial charge in [0.25, 0.3) is 0 Å². The van der Waals surface area contributed by atoms with Crippen LogP contribution in [0, 0.1) is 5.92 Å². The molecule has 1 aromatic rings. The highest BCUT2D eigenvalue weighted by Crippen LogP contribution is 2.38. The van der Waals surface area contributed by atoms with Crippen molar-refractivity contribution in [2.24, 2.45) is 5.92 Å². The maximum absolute atomic E-state index is 11.4. The van der Waals surface area contributed by atoms with E-state index in [4.69, 9.17) is 5.73 Å². The number of nitrogen functional groups attached to an aromatic ring is 1. The van der Waals surface area contributed by atoms with Gasteiger partial charge in [0, 0.05) is 12.5 Å². The van der Waals surface area contributed by atoms with Gasteiger partial charge in [-0.1, -0.05) is 12.2 Å². The van der Waals surface area contributed by atoms with E-state index in [1.54, 1.807) is 0 Å². The van der Waals surface area contributed by atoms with Gasteiger partial charge in [-0.25, -0.2) is 0 Å². The average molecular weight is 313 g/mol. The normalized spacial score (nSPS) is 24.2. The molecule has 114 valence electrons. The monoisotopic (exact) mass is 313 g/mol. The number of aromatic nitrogens is 2. The van der Waals surface area contributed by atoms with Crippen LogP contribution in [0.4, 0.5) is 17.5 Å². The van der Waals surface area contributed by atoms with Crippen molar-refractivity contribution in [3.8, 4) is 0 Å². The van der Waals surface area contributed by atoms with Crippen molar-refractivity contribution in [3.63, 3.8) is 0 Å². The van der Waals surface area contributed by atoms with Gasteiger partial charge in [-0.05, 0) is 6.42 Å². The number of aliphatic hydroxyl groups excluding tert-OH is 1. The van der Waals surface area contributed by atoms with Crippen LogP contribution in [-0.4, -0.2) is 47.4 Å². The first-order valence-electron chi connectivity index (χ1n) is 6.35. The van der Waals surface area contributed by atoms with Crippen LogP contribution in [0.2, 0.25) is 0 Å². The second kappa shape index (κ2) is 4.83. The Hall–Kier alpha value is -1.91. The highest BCUT2D eigenvalue weighted by molar-refractivity contribution is 7.85. The van der Waals surface area contributed by atoms with Crippen LogP contribution in [-0.2, 0) is 10.1 Å². The summed E-state index contributed by atoms with van der Waals surface area (Å²) >= 11 is 0. The zero-order valence-corrected chi connectivity index (χ0v) is 11.8. The van der Waals surface area contributed by atoms with Crippen LogP contribution in [0.3, 0.4) is 0 Å². The van der Waals surface area contributed by atoms with Crippen LogP contribution in [0.15, 0.2) is 17.2 Å². The highest BCUT2D eigenvalue weighted by atomic mass is 32.2. The van der Waals surface area contributed by atoms with E-state index < -0.39 is 15.1 Å². The lowest BCUT2D eigenvalue weighted by Crippen LogP contribution is -2.33. The van der Waals surface area contributed by atoms with Gasteiger partial charge < -0.3 is 21.1 Å². The molecule has 21 heavy (non-hydrogen) atoms. The number of nitrogens with two attached hydrogens (primary N) is 1. The maximum Gasteiger partial charge on any atom is 0.314 e. The molecular weight excluding hydrogens is 298 g/mol. The molecule has 9 nitrogen and oxygen atoms in total. The first kappa shape index (κ1) is 14.0. The molecule has 0 amide bonds. The van der Waals surface area contributed by atoms with Crippen molar-refractivity contribution in [2.45, 2.75) is 17.5 Å². The third-order valence-corrected chi connectivity index (χ3v) is 4.39. The largest absolute Gasteiger partial charge is 0.396 e. The fourth-order valence-corrected chi connectivity index (χ4v) is 3.26. The van der Waals surface area contributed by atoms with Gasteiger partial charge in [0.05, 0.1) is 12.7 Å². The third kappa shape index (κ3) is 2.41. The number of fused-ring (bicyclic) bond motifs is 1. The van der Waals surface area contributed by atoms with Gasteiger partial charge in [-0.15, -0.1) is 0 Å². The van der Waals surface area contributed by atoms with Gasteiger partial charge in [0.15, 0.2) is 5.82 Å². The molecule has 0 bridgehead atoms. The van der Waals surface area contributed by atoms with Crippen molar-refractivity contribution in [3.05, 3.63) is 12.2 Å². The van der Waals surface area contributed by atoms with E-state index in [0.717, 1.165) is 0 Å². The fourth-order valence-electron chi connectivity index (χ4n) is 2.63. The molecule has 0 spiro atoms. The maximum atomic E-state index is 11.4. The van der Waals surface area contributed by atoms with Crippen molar-refractivity contribution in [2.75, 3.05) is 29.2 Å². The molecule has 0 saturated carbocycles. The van der Waals surface area contributed by atoms with Crippen molar-refractivity contribution in [1.29, 1.82) is 0 Å². The number of nitrogens with one attached hydrogen (secondary N) is 1. The van der Waals surface area contributed by atoms with Crippen molar-refractivity contribution >= 4 is 27.6 Å². The number of rotatable bonds is 3. The molecule has 0 radical (unpaired) electrons. The summed E-state index contributed by atoms with van der Waals surface area (Å²) in [5.74, 6) is 0.179. The third-order valence-electron chi connectivity index (χ3n) is 3.60. The summed E-state index contributed by atoms with van der Waals surface area (Å²) in [4.78, 5) is 9.48. The molecular formula is C11H15N5O4S. The average Bonchev–Trinajstić information content (AvgIpc) is 3.01. The van der Waals surface area contributed by atoms with Gasteiger partial charge in [-0.3, -0.25) is 4.55 Å². The second-order valence-electron chi connectivity index (χ2n) is 5.00. The summed E-state index contributed by atoms with van der Waals surface area (Å²) in [6, 6.07) is -0.0283. The van der Waals surface area contributed by atoms with Crippen molar-refractivity contribution in [1.82, 2.24) is 9.97 Å². The van der Waals surface area contributed by atoms with E-state index in [1.165, 1.54) is 0 Å². The molecule has 3 rings (SSSR count). The molecule has 2 aliphatic rings. The summed E-state index contributed by atoms with van der Waals surface area (Å²) in [6.07, 6.45) is 4.54. The summed E-state index contributed by atoms with van der Waals surface area (Å²) in [6.45, 7) is 0.381. The zero-order chi connectivity index (χ0) is 15.2. The van der Waals surface area contributed by atoms with Gasteiger partial charge >= 0.3 is 10.1 Å². The molecule has 2 heterocycles. The quantitative estimate of drug-likeness (QED) is 0.328. The van der Waals surface area contributed by atoms with Crippen LogP contribution < -0.4 is 16.0 Å². The molecule has 0 fully saturated rings. The first-order valence-corrected chi connectivity index (χ1v) is 7.79. The SMILES string of the molecule is Nc1nc2c(c(S(=O)(=O)O)n1)NCN2C1C=CC(CO)C1. The Morgan fingerprint density at radius 3 is 2.81 bits per heavy atom. The summed E-state index contributed by atoms with van der Waals surface area (Å²) in [5.41, 5.74) is 5.68. The summed E-state index contributed by atoms with van der Waals surface area (Å²) in [5, 5.41) is 11.5. The number of aliphatic hydroxyl groups is 1. The Morgan fingerprint density at radius 2 is 2.19 bits per heavy atom. The van der Waals surface area contributed by atoms with Gasteiger partial charge in [-0.2, -0.15) is 18.4 Å². The van der Waals surface area contributed by atoms with Crippen molar-refractivity contribution < 1.29 is 18.1 Å². The predicted octanol–water partition coefficient (Wildman–Crippen LogP) is -0.568. The van der Waals surface area contributed by atoms with E-state index in [9.17, 15) is 18.1 Å².